The number of hydrogen-bond donors (Lipinski definition) is 2. The van der Waals surface area contributed by atoms with Crippen molar-refractivity contribution in [1.82, 2.24) is 0 Å². The molecule has 0 fully saturated rings. The van der Waals surface area contributed by atoms with Crippen molar-refractivity contribution in [2.45, 2.75) is 24.3 Å². The van der Waals surface area contributed by atoms with Crippen LogP contribution in [-0.2, 0) is 33.9 Å². The van der Waals surface area contributed by atoms with Crippen LogP contribution in [0.1, 0.15) is 22.3 Å². The molecule has 0 aliphatic rings. The fourth-order valence-corrected chi connectivity index (χ4v) is 4.18. The predicted octanol–water partition coefficient (Wildman–Crippen LogP) is 4.39. The summed E-state index contributed by atoms with van der Waals surface area (Å²) in [5.74, 6) is -0.172. The van der Waals surface area contributed by atoms with E-state index >= 15 is 0 Å². The van der Waals surface area contributed by atoms with E-state index in [1.165, 1.54) is 0 Å². The normalized spacial score (nSPS) is 10.5. The fraction of sp³-hybridized carbons (Fsp3) is 0.211. The molecule has 136 valence electrons. The van der Waals surface area contributed by atoms with Crippen molar-refractivity contribution in [3.8, 4) is 0 Å². The highest BCUT2D eigenvalue weighted by molar-refractivity contribution is 8.46. The first-order chi connectivity index (χ1) is 12.4. The van der Waals surface area contributed by atoms with E-state index in [2.05, 4.69) is 0 Å². The number of aliphatic carboxylic acids is 2. The quantitative estimate of drug-likeness (QED) is 0.630. The molecule has 0 bridgehead atoms. The van der Waals surface area contributed by atoms with E-state index in [9.17, 15) is 9.59 Å². The fourth-order valence-electron chi connectivity index (χ4n) is 2.18. The summed E-state index contributed by atoms with van der Waals surface area (Å²) in [6.07, 6.45) is 0.0693. The number of rotatable bonds is 8. The molecule has 0 saturated carbocycles. The number of carboxylic acid groups (broad SMARTS) is 2. The second-order valence-corrected chi connectivity index (χ2v) is 8.76. The Hall–Kier alpha value is -1.83. The number of thiocarbonyl (C=S) groups is 1. The monoisotopic (exact) mass is 406 g/mol. The zero-order valence-corrected chi connectivity index (χ0v) is 16.3. The number of carboxylic acids is 2. The van der Waals surface area contributed by atoms with Crippen LogP contribution in [-0.4, -0.2) is 25.7 Å². The smallest absolute Gasteiger partial charge is 0.307 e. The van der Waals surface area contributed by atoms with Crippen molar-refractivity contribution in [3.05, 3.63) is 70.8 Å². The summed E-state index contributed by atoms with van der Waals surface area (Å²) in [7, 11) is 0. The van der Waals surface area contributed by atoms with Crippen LogP contribution < -0.4 is 0 Å². The van der Waals surface area contributed by atoms with Crippen molar-refractivity contribution in [1.29, 1.82) is 0 Å². The van der Waals surface area contributed by atoms with E-state index in [-0.39, 0.29) is 12.8 Å². The Morgan fingerprint density at radius 1 is 0.692 bits per heavy atom. The molecule has 0 aliphatic heterocycles. The Morgan fingerprint density at radius 2 is 1.00 bits per heavy atom. The van der Waals surface area contributed by atoms with E-state index in [1.807, 2.05) is 48.5 Å². The Bertz CT molecular complexity index is 705. The average Bonchev–Trinajstić information content (AvgIpc) is 2.59. The zero-order chi connectivity index (χ0) is 18.9. The lowest BCUT2D eigenvalue weighted by molar-refractivity contribution is -0.137. The van der Waals surface area contributed by atoms with E-state index in [0.717, 1.165) is 37.3 Å². The third-order valence-corrected chi connectivity index (χ3v) is 6.31. The molecule has 0 atom stereocenters. The van der Waals surface area contributed by atoms with Crippen molar-refractivity contribution < 1.29 is 19.8 Å². The summed E-state index contributed by atoms with van der Waals surface area (Å²) >= 11 is 8.55. The SMILES string of the molecule is O=C(O)Cc1ccc(CSC(=S)SCc2ccc(CC(=O)O)cc2)cc1. The second kappa shape index (κ2) is 10.4. The Kier molecular flexibility index (Phi) is 8.15. The van der Waals surface area contributed by atoms with Gasteiger partial charge in [-0.3, -0.25) is 9.59 Å². The molecular weight excluding hydrogens is 388 g/mol. The molecule has 2 N–H and O–H groups in total. The molecule has 0 heterocycles. The molecule has 4 nitrogen and oxygen atoms in total. The van der Waals surface area contributed by atoms with Crippen LogP contribution in [0.15, 0.2) is 48.5 Å². The lowest BCUT2D eigenvalue weighted by atomic mass is 10.1. The van der Waals surface area contributed by atoms with Crippen LogP contribution in [0.25, 0.3) is 0 Å². The Balaban J connectivity index is 1.74. The Labute approximate surface area is 166 Å². The number of thioether (sulfide) groups is 2. The standard InChI is InChI=1S/C19H18O4S3/c20-17(21)9-13-1-5-15(6-2-13)11-25-19(24)26-12-16-7-3-14(4-8-16)10-18(22)23/h1-8H,9-12H2,(H,20,21)(H,22,23). The van der Waals surface area contributed by atoms with E-state index in [4.69, 9.17) is 22.4 Å². The molecule has 26 heavy (non-hydrogen) atoms. The summed E-state index contributed by atoms with van der Waals surface area (Å²) in [5, 5.41) is 17.5. The number of carbonyl (C=O) groups is 2. The number of benzene rings is 2. The summed E-state index contributed by atoms with van der Waals surface area (Å²) in [4.78, 5) is 21.3. The summed E-state index contributed by atoms with van der Waals surface area (Å²) in [5.41, 5.74) is 3.78. The topological polar surface area (TPSA) is 74.6 Å². The van der Waals surface area contributed by atoms with Gasteiger partial charge in [0.2, 0.25) is 0 Å². The van der Waals surface area contributed by atoms with E-state index in [0.29, 0.717) is 0 Å². The van der Waals surface area contributed by atoms with Crippen molar-refractivity contribution >= 4 is 51.2 Å². The summed E-state index contributed by atoms with van der Waals surface area (Å²) in [6.45, 7) is 0. The molecule has 0 aromatic heterocycles. The van der Waals surface area contributed by atoms with Crippen LogP contribution in [0.2, 0.25) is 0 Å². The molecule has 2 aromatic rings. The van der Waals surface area contributed by atoms with Gasteiger partial charge in [0.15, 0.2) is 0 Å². The summed E-state index contributed by atoms with van der Waals surface area (Å²) < 4.78 is 0.842. The van der Waals surface area contributed by atoms with Crippen molar-refractivity contribution in [2.24, 2.45) is 0 Å². The van der Waals surface area contributed by atoms with Gasteiger partial charge in [-0.2, -0.15) is 0 Å². The first-order valence-electron chi connectivity index (χ1n) is 7.81. The van der Waals surface area contributed by atoms with Gasteiger partial charge in [0.1, 0.15) is 3.53 Å². The third-order valence-electron chi connectivity index (χ3n) is 3.47. The van der Waals surface area contributed by atoms with Gasteiger partial charge in [0.25, 0.3) is 0 Å². The maximum absolute atomic E-state index is 10.7. The first-order valence-corrected chi connectivity index (χ1v) is 10.2. The molecule has 0 saturated heterocycles. The largest absolute Gasteiger partial charge is 0.481 e. The van der Waals surface area contributed by atoms with Gasteiger partial charge in [-0.1, -0.05) is 60.7 Å². The minimum Gasteiger partial charge on any atom is -0.481 e. The maximum atomic E-state index is 10.7. The molecule has 0 aliphatic carbocycles. The molecule has 2 rings (SSSR count). The van der Waals surface area contributed by atoms with Crippen LogP contribution in [0, 0.1) is 0 Å². The molecule has 0 unspecified atom stereocenters. The average molecular weight is 407 g/mol. The van der Waals surface area contributed by atoms with Gasteiger partial charge >= 0.3 is 11.9 Å². The van der Waals surface area contributed by atoms with Gasteiger partial charge in [-0.05, 0) is 22.3 Å². The molecule has 0 amide bonds. The summed E-state index contributed by atoms with van der Waals surface area (Å²) in [6, 6.07) is 15.1. The molecule has 0 spiro atoms. The van der Waals surface area contributed by atoms with Crippen molar-refractivity contribution in [3.63, 3.8) is 0 Å². The third kappa shape index (κ3) is 7.59. The highest BCUT2D eigenvalue weighted by Gasteiger charge is 2.05. The van der Waals surface area contributed by atoms with E-state index < -0.39 is 11.9 Å². The molecule has 0 radical (unpaired) electrons. The zero-order valence-electron chi connectivity index (χ0n) is 13.9. The van der Waals surface area contributed by atoms with E-state index in [1.54, 1.807) is 23.5 Å². The highest BCUT2D eigenvalue weighted by Crippen LogP contribution is 2.25. The minimum atomic E-state index is -0.833. The van der Waals surface area contributed by atoms with Crippen LogP contribution in [0.4, 0.5) is 0 Å². The highest BCUT2D eigenvalue weighted by atomic mass is 32.2. The number of hydrogen-bond acceptors (Lipinski definition) is 5. The van der Waals surface area contributed by atoms with Gasteiger partial charge in [-0.25, -0.2) is 0 Å². The van der Waals surface area contributed by atoms with Crippen LogP contribution >= 0.6 is 35.7 Å². The van der Waals surface area contributed by atoms with Gasteiger partial charge in [-0.15, -0.1) is 23.5 Å². The maximum Gasteiger partial charge on any atom is 0.307 e. The van der Waals surface area contributed by atoms with Gasteiger partial charge < -0.3 is 10.2 Å². The first kappa shape index (κ1) is 20.5. The lowest BCUT2D eigenvalue weighted by Gasteiger charge is -2.06. The predicted molar refractivity (Wildman–Crippen MR) is 111 cm³/mol. The van der Waals surface area contributed by atoms with Gasteiger partial charge in [0.05, 0.1) is 12.8 Å². The van der Waals surface area contributed by atoms with Crippen molar-refractivity contribution in [2.75, 3.05) is 0 Å². The second-order valence-electron chi connectivity index (χ2n) is 5.60. The molecule has 2 aromatic carbocycles. The van der Waals surface area contributed by atoms with Gasteiger partial charge in [0, 0.05) is 11.5 Å². The van der Waals surface area contributed by atoms with Crippen LogP contribution in [0.5, 0.6) is 0 Å². The lowest BCUT2D eigenvalue weighted by Crippen LogP contribution is -1.99. The van der Waals surface area contributed by atoms with Crippen LogP contribution in [0.3, 0.4) is 0 Å². The molecule has 7 heteroatoms. The minimum absolute atomic E-state index is 0.0347. The molecular formula is C19H18O4S3. The Morgan fingerprint density at radius 3 is 1.31 bits per heavy atom.